The Morgan fingerprint density at radius 1 is 1.19 bits per heavy atom. The number of Topliss-reactive ketones (excluding diaryl/α,β-unsaturated/α-hetero) is 2. The van der Waals surface area contributed by atoms with Gasteiger partial charge in [0.05, 0.1) is 22.9 Å². The average Bonchev–Trinajstić information content (AvgIpc) is 2.80. The minimum atomic E-state index is -1.30. The fourth-order valence-corrected chi connectivity index (χ4v) is 6.50. The van der Waals surface area contributed by atoms with Crippen molar-refractivity contribution in [2.45, 2.75) is 25.0 Å². The molecule has 36 heavy (non-hydrogen) atoms. The number of ketones is 2. The number of aliphatic hydroxyl groups excluding tert-OH is 2. The molecule has 1 heterocycles. The van der Waals surface area contributed by atoms with Gasteiger partial charge in [-0.25, -0.2) is 0 Å². The fourth-order valence-electron chi connectivity index (χ4n) is 5.84. The van der Waals surface area contributed by atoms with Crippen LogP contribution in [-0.2, 0) is 37.4 Å². The van der Waals surface area contributed by atoms with E-state index >= 15 is 0 Å². The van der Waals surface area contributed by atoms with Gasteiger partial charge in [-0.05, 0) is 48.4 Å². The third-order valence-electron chi connectivity index (χ3n) is 7.27. The van der Waals surface area contributed by atoms with E-state index in [4.69, 9.17) is 5.73 Å². The first-order valence-electron chi connectivity index (χ1n) is 11.4. The van der Waals surface area contributed by atoms with E-state index in [0.717, 1.165) is 0 Å². The highest BCUT2D eigenvalue weighted by Crippen LogP contribution is 2.52. The van der Waals surface area contributed by atoms with Crippen LogP contribution < -0.4 is 5.73 Å². The van der Waals surface area contributed by atoms with Crippen molar-refractivity contribution < 1.29 is 33.9 Å². The molecule has 2 aromatic rings. The van der Waals surface area contributed by atoms with Crippen LogP contribution in [0.4, 0.5) is 0 Å². The number of hydrogen-bond donors (Lipinski definition) is 4. The van der Waals surface area contributed by atoms with Gasteiger partial charge in [0.1, 0.15) is 22.8 Å². The van der Waals surface area contributed by atoms with E-state index < -0.39 is 63.1 Å². The highest BCUT2D eigenvalue weighted by Gasteiger charge is 2.51. The fraction of sp³-hybridized carbons (Fsp3) is 0.308. The molecule has 3 aliphatic rings. The van der Waals surface area contributed by atoms with Gasteiger partial charge in [0.2, 0.25) is 0 Å². The van der Waals surface area contributed by atoms with Gasteiger partial charge < -0.3 is 21.1 Å². The third-order valence-corrected chi connectivity index (χ3v) is 7.98. The zero-order valence-corrected chi connectivity index (χ0v) is 20.2. The number of amides is 1. The number of carbonyl (C=O) groups is 3. The molecular weight excluding hydrogens is 484 g/mol. The smallest absolute Gasteiger partial charge is 0.255 e. The highest BCUT2D eigenvalue weighted by atomic mass is 32.2. The second-order valence-electron chi connectivity index (χ2n) is 9.47. The zero-order valence-electron chi connectivity index (χ0n) is 19.4. The predicted molar refractivity (Wildman–Crippen MR) is 131 cm³/mol. The second-order valence-corrected chi connectivity index (χ2v) is 10.9. The summed E-state index contributed by atoms with van der Waals surface area (Å²) < 4.78 is 12.0. The van der Waals surface area contributed by atoms with Gasteiger partial charge in [0, 0.05) is 46.4 Å². The van der Waals surface area contributed by atoms with E-state index in [9.17, 15) is 33.9 Å². The number of fused-ring (bicyclic) bond motifs is 3. The lowest BCUT2D eigenvalue weighted by molar-refractivity contribution is -0.127. The maximum absolute atomic E-state index is 13.6. The van der Waals surface area contributed by atoms with Crippen LogP contribution in [0.3, 0.4) is 0 Å². The summed E-state index contributed by atoms with van der Waals surface area (Å²) in [4.78, 5) is 42.3. The number of aromatic nitrogens is 1. The Kier molecular flexibility index (Phi) is 5.78. The second kappa shape index (κ2) is 8.70. The maximum Gasteiger partial charge on any atom is 0.255 e. The molecule has 10 heteroatoms. The standard InChI is InChI=1S/C26H24N2O7S/c1-36(35)10-13-8-14(16-4-2-3-5-28-16)15-7-11-6-12-9-17(29)21(26(27)34)25(33)19(12)23(31)18(11)24(32)20(15)22(13)30/h2-5,8,11-12,19,30,32-33H,6-7,9-10H2,1H3,(H2,27,34). The number of rotatable bonds is 4. The third kappa shape index (κ3) is 3.63. The van der Waals surface area contributed by atoms with Crippen LogP contribution in [0.25, 0.3) is 17.0 Å². The van der Waals surface area contributed by atoms with Gasteiger partial charge in [-0.2, -0.15) is 0 Å². The lowest BCUT2D eigenvalue weighted by atomic mass is 9.61. The molecule has 0 spiro atoms. The minimum absolute atomic E-state index is 0.0250. The molecule has 0 saturated heterocycles. The quantitative estimate of drug-likeness (QED) is 0.456. The molecule has 1 aromatic carbocycles. The first kappa shape index (κ1) is 23.9. The van der Waals surface area contributed by atoms with Crippen molar-refractivity contribution in [3.63, 3.8) is 0 Å². The van der Waals surface area contributed by atoms with Crippen molar-refractivity contribution in [2.75, 3.05) is 6.26 Å². The van der Waals surface area contributed by atoms with E-state index in [1.54, 1.807) is 30.5 Å². The Labute approximate surface area is 208 Å². The summed E-state index contributed by atoms with van der Waals surface area (Å²) in [7, 11) is -1.30. The van der Waals surface area contributed by atoms with Crippen LogP contribution in [0.15, 0.2) is 47.4 Å². The van der Waals surface area contributed by atoms with Crippen molar-refractivity contribution >= 4 is 34.0 Å². The summed E-state index contributed by atoms with van der Waals surface area (Å²) in [5.41, 5.74) is 6.96. The van der Waals surface area contributed by atoms with Crippen LogP contribution >= 0.6 is 0 Å². The molecule has 1 fully saturated rings. The Hall–Kier alpha value is -3.79. The van der Waals surface area contributed by atoms with Gasteiger partial charge in [-0.1, -0.05) is 6.07 Å². The summed E-state index contributed by atoms with van der Waals surface area (Å²) in [6, 6.07) is 7.05. The predicted octanol–water partition coefficient (Wildman–Crippen LogP) is 2.25. The van der Waals surface area contributed by atoms with Crippen molar-refractivity contribution in [1.29, 1.82) is 0 Å². The van der Waals surface area contributed by atoms with Crippen LogP contribution in [0.5, 0.6) is 5.75 Å². The van der Waals surface area contributed by atoms with E-state index in [1.807, 2.05) is 0 Å². The number of primary amides is 1. The molecule has 4 atom stereocenters. The van der Waals surface area contributed by atoms with E-state index in [0.29, 0.717) is 28.8 Å². The van der Waals surface area contributed by atoms with Crippen LogP contribution in [-0.4, -0.2) is 48.2 Å². The van der Waals surface area contributed by atoms with Crippen LogP contribution in [0, 0.1) is 17.8 Å². The van der Waals surface area contributed by atoms with Gasteiger partial charge in [-0.15, -0.1) is 0 Å². The average molecular weight is 509 g/mol. The van der Waals surface area contributed by atoms with Gasteiger partial charge >= 0.3 is 0 Å². The lowest BCUT2D eigenvalue weighted by Crippen LogP contribution is -2.44. The number of hydrogen-bond acceptors (Lipinski definition) is 8. The molecule has 3 aliphatic carbocycles. The number of carbonyl (C=O) groups excluding carboxylic acids is 3. The number of nitrogens with two attached hydrogens (primary N) is 1. The topological polar surface area (TPSA) is 168 Å². The van der Waals surface area contributed by atoms with Crippen molar-refractivity contribution in [1.82, 2.24) is 4.98 Å². The van der Waals surface area contributed by atoms with Crippen LogP contribution in [0.2, 0.25) is 0 Å². The zero-order chi connectivity index (χ0) is 25.9. The normalized spacial score (nSPS) is 24.2. The molecule has 1 saturated carbocycles. The molecule has 5 rings (SSSR count). The number of aromatic hydroxyl groups is 1. The van der Waals surface area contributed by atoms with E-state index in [1.165, 1.54) is 6.26 Å². The van der Waals surface area contributed by atoms with E-state index in [2.05, 4.69) is 4.98 Å². The number of aliphatic hydroxyl groups is 2. The number of benzene rings is 1. The number of phenolic OH excluding ortho intramolecular Hbond substituents is 1. The summed E-state index contributed by atoms with van der Waals surface area (Å²) in [6.07, 6.45) is 3.58. The van der Waals surface area contributed by atoms with Crippen LogP contribution in [0.1, 0.15) is 29.5 Å². The number of pyridine rings is 1. The Balaban J connectivity index is 1.72. The lowest BCUT2D eigenvalue weighted by Gasteiger charge is -2.41. The largest absolute Gasteiger partial charge is 0.511 e. The summed E-state index contributed by atoms with van der Waals surface area (Å²) in [6.45, 7) is 0. The molecule has 0 bridgehead atoms. The minimum Gasteiger partial charge on any atom is -0.511 e. The number of nitrogens with zero attached hydrogens (tertiary/aromatic N) is 1. The van der Waals surface area contributed by atoms with Crippen molar-refractivity contribution in [3.05, 3.63) is 64.1 Å². The molecule has 186 valence electrons. The Bertz CT molecular complexity index is 1430. The van der Waals surface area contributed by atoms with Crippen molar-refractivity contribution in [2.24, 2.45) is 23.5 Å². The Morgan fingerprint density at radius 3 is 2.58 bits per heavy atom. The summed E-state index contributed by atoms with van der Waals surface area (Å²) >= 11 is 0. The molecule has 1 amide bonds. The monoisotopic (exact) mass is 508 g/mol. The first-order chi connectivity index (χ1) is 17.1. The first-order valence-corrected chi connectivity index (χ1v) is 13.2. The molecular formula is C26H24N2O7S. The van der Waals surface area contributed by atoms with Gasteiger partial charge in [-0.3, -0.25) is 23.6 Å². The molecule has 9 nitrogen and oxygen atoms in total. The van der Waals surface area contributed by atoms with Gasteiger partial charge in [0.15, 0.2) is 11.6 Å². The summed E-state index contributed by atoms with van der Waals surface area (Å²) in [5, 5.41) is 33.2. The molecule has 5 N–H and O–H groups in total. The molecule has 1 aromatic heterocycles. The van der Waals surface area contributed by atoms with Gasteiger partial charge in [0.25, 0.3) is 5.91 Å². The highest BCUT2D eigenvalue weighted by molar-refractivity contribution is 7.83. The Morgan fingerprint density at radius 2 is 1.94 bits per heavy atom. The molecule has 0 aliphatic heterocycles. The summed E-state index contributed by atoms with van der Waals surface area (Å²) in [5.74, 6) is -5.85. The maximum atomic E-state index is 13.6. The number of phenols is 1. The molecule has 4 unspecified atom stereocenters. The molecule has 0 radical (unpaired) electrons. The van der Waals surface area contributed by atoms with Crippen molar-refractivity contribution in [3.8, 4) is 17.0 Å². The number of allylic oxidation sites excluding steroid dienone is 2. The SMILES string of the molecule is CS(=O)Cc1cc(-c2ccccn2)c2c(c1O)C(O)=C1C(=O)C3C(O)=C(C(N)=O)C(=O)CC3CC1C2. The van der Waals surface area contributed by atoms with E-state index in [-0.39, 0.29) is 35.5 Å².